The zero-order valence-corrected chi connectivity index (χ0v) is 21.3. The number of nitro groups is 1. The molecule has 1 amide bonds. The third kappa shape index (κ3) is 6.54. The number of amides is 1. The third-order valence-corrected chi connectivity index (χ3v) is 5.93. The van der Waals surface area contributed by atoms with Crippen LogP contribution >= 0.6 is 12.2 Å². The molecule has 0 saturated heterocycles. The molecule has 2 N–H and O–H groups in total. The lowest BCUT2D eigenvalue weighted by molar-refractivity contribution is -0.384. The number of allylic oxidation sites excluding steroid dienone is 1. The van der Waals surface area contributed by atoms with Crippen molar-refractivity contribution in [3.8, 4) is 0 Å². The number of non-ortho nitro benzene ring substituents is 1. The van der Waals surface area contributed by atoms with Crippen LogP contribution in [0.2, 0.25) is 0 Å². The molecule has 0 saturated carbocycles. The molecule has 0 spiro atoms. The van der Waals surface area contributed by atoms with Crippen LogP contribution in [-0.4, -0.2) is 40.5 Å². The fourth-order valence-electron chi connectivity index (χ4n) is 3.53. The van der Waals surface area contributed by atoms with Crippen molar-refractivity contribution >= 4 is 46.7 Å². The summed E-state index contributed by atoms with van der Waals surface area (Å²) in [6, 6.07) is 12.5. The highest BCUT2D eigenvalue weighted by Crippen LogP contribution is 2.32. The molecule has 188 valence electrons. The molecule has 1 unspecified atom stereocenters. The maximum Gasteiger partial charge on any atom is 0.338 e. The van der Waals surface area contributed by atoms with Gasteiger partial charge in [0.2, 0.25) is 5.91 Å². The van der Waals surface area contributed by atoms with Crippen molar-refractivity contribution in [2.45, 2.75) is 26.8 Å². The SMILES string of the molecule is CC1=C(C(=O)OCC(C)C)C(c2cccc(NC(=O)C=Cc3ccc([N+](=O)[O-])cc3)c2)NC(=S)N1C. The van der Waals surface area contributed by atoms with E-state index in [2.05, 4.69) is 10.6 Å². The van der Waals surface area contributed by atoms with Crippen LogP contribution in [0.1, 0.15) is 37.9 Å². The minimum absolute atomic E-state index is 0.0212. The summed E-state index contributed by atoms with van der Waals surface area (Å²) in [5.74, 6) is -0.601. The smallest absolute Gasteiger partial charge is 0.338 e. The summed E-state index contributed by atoms with van der Waals surface area (Å²) in [6.07, 6.45) is 2.91. The lowest BCUT2D eigenvalue weighted by atomic mass is 9.94. The van der Waals surface area contributed by atoms with Crippen LogP contribution in [0, 0.1) is 16.0 Å². The van der Waals surface area contributed by atoms with E-state index in [4.69, 9.17) is 17.0 Å². The number of carbonyl (C=O) groups excluding carboxylic acids is 2. The summed E-state index contributed by atoms with van der Waals surface area (Å²) in [5.41, 5.74) is 3.04. The van der Waals surface area contributed by atoms with Gasteiger partial charge in [-0.2, -0.15) is 0 Å². The molecular formula is C26H28N4O5S. The Morgan fingerprint density at radius 1 is 1.25 bits per heavy atom. The summed E-state index contributed by atoms with van der Waals surface area (Å²) in [4.78, 5) is 37.5. The molecule has 1 heterocycles. The van der Waals surface area contributed by atoms with Crippen molar-refractivity contribution in [3.63, 3.8) is 0 Å². The Morgan fingerprint density at radius 3 is 2.58 bits per heavy atom. The second-order valence-corrected chi connectivity index (χ2v) is 9.12. The van der Waals surface area contributed by atoms with Crippen LogP contribution in [0.25, 0.3) is 6.08 Å². The normalized spacial score (nSPS) is 15.8. The molecule has 10 heteroatoms. The Bertz CT molecular complexity index is 1240. The maximum absolute atomic E-state index is 13.0. The van der Waals surface area contributed by atoms with Gasteiger partial charge >= 0.3 is 5.97 Å². The molecule has 1 atom stereocenters. The van der Waals surface area contributed by atoms with Gasteiger partial charge in [0.25, 0.3) is 5.69 Å². The van der Waals surface area contributed by atoms with E-state index in [-0.39, 0.29) is 17.5 Å². The number of carbonyl (C=O) groups is 2. The van der Waals surface area contributed by atoms with E-state index in [9.17, 15) is 19.7 Å². The predicted molar refractivity (Wildman–Crippen MR) is 142 cm³/mol. The van der Waals surface area contributed by atoms with E-state index in [1.165, 1.54) is 18.2 Å². The molecule has 0 aromatic heterocycles. The molecule has 2 aromatic carbocycles. The highest BCUT2D eigenvalue weighted by molar-refractivity contribution is 7.80. The van der Waals surface area contributed by atoms with E-state index in [1.54, 1.807) is 48.4 Å². The van der Waals surface area contributed by atoms with Crippen LogP contribution in [0.15, 0.2) is 65.9 Å². The molecule has 0 radical (unpaired) electrons. The first-order chi connectivity index (χ1) is 17.1. The number of anilines is 1. The minimum atomic E-state index is -0.541. The average molecular weight is 509 g/mol. The molecule has 9 nitrogen and oxygen atoms in total. The maximum atomic E-state index is 13.0. The van der Waals surface area contributed by atoms with Crippen molar-refractivity contribution in [1.29, 1.82) is 0 Å². The number of nitro benzene ring substituents is 1. The topological polar surface area (TPSA) is 114 Å². The standard InChI is InChI=1S/C26H28N4O5S/c1-16(2)15-35-25(32)23-17(3)29(4)26(36)28-24(23)19-6-5-7-20(14-19)27-22(31)13-10-18-8-11-21(12-9-18)30(33)34/h5-14,16,24H,15H2,1-4H3,(H,27,31)(H,28,36). The molecule has 3 rings (SSSR count). The first-order valence-electron chi connectivity index (χ1n) is 11.3. The fourth-order valence-corrected chi connectivity index (χ4v) is 3.78. The van der Waals surface area contributed by atoms with Crippen LogP contribution in [-0.2, 0) is 14.3 Å². The number of hydrogen-bond donors (Lipinski definition) is 2. The van der Waals surface area contributed by atoms with E-state index in [1.807, 2.05) is 26.8 Å². The Morgan fingerprint density at radius 2 is 1.94 bits per heavy atom. The molecule has 0 bridgehead atoms. The molecular weight excluding hydrogens is 480 g/mol. The second kappa shape index (κ2) is 11.6. The highest BCUT2D eigenvalue weighted by atomic mass is 32.1. The van der Waals surface area contributed by atoms with Crippen LogP contribution in [0.4, 0.5) is 11.4 Å². The minimum Gasteiger partial charge on any atom is -0.462 e. The number of ether oxygens (including phenoxy) is 1. The van der Waals surface area contributed by atoms with Gasteiger partial charge in [-0.25, -0.2) is 4.79 Å². The molecule has 0 fully saturated rings. The first kappa shape index (κ1) is 26.6. The zero-order valence-electron chi connectivity index (χ0n) is 20.5. The van der Waals surface area contributed by atoms with E-state index in [0.717, 1.165) is 5.56 Å². The van der Waals surface area contributed by atoms with Gasteiger partial charge in [-0.3, -0.25) is 14.9 Å². The van der Waals surface area contributed by atoms with Crippen molar-refractivity contribution < 1.29 is 19.2 Å². The van der Waals surface area contributed by atoms with Crippen molar-refractivity contribution in [2.75, 3.05) is 19.0 Å². The number of hydrogen-bond acceptors (Lipinski definition) is 6. The summed E-state index contributed by atoms with van der Waals surface area (Å²) >= 11 is 5.45. The van der Waals surface area contributed by atoms with Gasteiger partial charge in [0, 0.05) is 36.6 Å². The largest absolute Gasteiger partial charge is 0.462 e. The van der Waals surface area contributed by atoms with Crippen molar-refractivity contribution in [2.24, 2.45) is 5.92 Å². The molecule has 2 aromatic rings. The van der Waals surface area contributed by atoms with Crippen molar-refractivity contribution in [1.82, 2.24) is 10.2 Å². The lowest BCUT2D eigenvalue weighted by Gasteiger charge is -2.35. The Kier molecular flexibility index (Phi) is 8.55. The van der Waals surface area contributed by atoms with Crippen LogP contribution in [0.5, 0.6) is 0 Å². The molecule has 1 aliphatic heterocycles. The quantitative estimate of drug-likeness (QED) is 0.175. The zero-order chi connectivity index (χ0) is 26.4. The number of esters is 1. The molecule has 0 aliphatic carbocycles. The number of nitrogens with zero attached hydrogens (tertiary/aromatic N) is 2. The summed E-state index contributed by atoms with van der Waals surface area (Å²) < 4.78 is 5.51. The summed E-state index contributed by atoms with van der Waals surface area (Å²) in [5, 5.41) is 17.2. The van der Waals surface area contributed by atoms with Crippen molar-refractivity contribution in [3.05, 3.63) is 87.1 Å². The van der Waals surface area contributed by atoms with E-state index < -0.39 is 16.9 Å². The van der Waals surface area contributed by atoms with Gasteiger partial charge in [-0.1, -0.05) is 26.0 Å². The third-order valence-electron chi connectivity index (χ3n) is 5.54. The van der Waals surface area contributed by atoms with Gasteiger partial charge < -0.3 is 20.3 Å². The van der Waals surface area contributed by atoms with Crippen LogP contribution in [0.3, 0.4) is 0 Å². The molecule has 1 aliphatic rings. The Labute approximate surface area is 215 Å². The number of nitrogens with one attached hydrogen (secondary N) is 2. The average Bonchev–Trinajstić information content (AvgIpc) is 2.84. The van der Waals surface area contributed by atoms with Gasteiger partial charge in [0.1, 0.15) is 0 Å². The predicted octanol–water partition coefficient (Wildman–Crippen LogP) is 4.58. The van der Waals surface area contributed by atoms with Gasteiger partial charge in [-0.05, 0) is 66.5 Å². The van der Waals surface area contributed by atoms with Gasteiger partial charge in [0.15, 0.2) is 5.11 Å². The van der Waals surface area contributed by atoms with E-state index in [0.29, 0.717) is 34.2 Å². The monoisotopic (exact) mass is 508 g/mol. The van der Waals surface area contributed by atoms with Gasteiger partial charge in [0.05, 0.1) is 23.1 Å². The van der Waals surface area contributed by atoms with E-state index >= 15 is 0 Å². The lowest BCUT2D eigenvalue weighted by Crippen LogP contribution is -2.46. The second-order valence-electron chi connectivity index (χ2n) is 8.73. The number of benzene rings is 2. The first-order valence-corrected chi connectivity index (χ1v) is 11.7. The Balaban J connectivity index is 1.79. The number of rotatable bonds is 8. The van der Waals surface area contributed by atoms with Gasteiger partial charge in [-0.15, -0.1) is 0 Å². The molecule has 36 heavy (non-hydrogen) atoms. The van der Waals surface area contributed by atoms with Crippen LogP contribution < -0.4 is 10.6 Å². The highest BCUT2D eigenvalue weighted by Gasteiger charge is 2.33. The Hall–Kier alpha value is -4.05. The fraction of sp³-hybridized carbons (Fsp3) is 0.269. The summed E-state index contributed by atoms with van der Waals surface area (Å²) in [7, 11) is 1.78. The summed E-state index contributed by atoms with van der Waals surface area (Å²) in [6.45, 7) is 6.05. The number of thiocarbonyl (C=S) groups is 1.